The lowest BCUT2D eigenvalue weighted by Gasteiger charge is -1.93. The number of rotatable bonds is 0. The predicted molar refractivity (Wildman–Crippen MR) is 30.7 cm³/mol. The van der Waals surface area contributed by atoms with Crippen LogP contribution in [-0.2, 0) is 0 Å². The van der Waals surface area contributed by atoms with Crippen LogP contribution in [0.15, 0.2) is 6.07 Å². The Hall–Kier alpha value is -0.630. The lowest BCUT2D eigenvalue weighted by atomic mass is 10.4. The third-order valence-electron chi connectivity index (χ3n) is 0.868. The van der Waals surface area contributed by atoms with Gasteiger partial charge >= 0.3 is 0 Å². The first-order chi connectivity index (χ1) is 4.61. The predicted octanol–water partition coefficient (Wildman–Crippen LogP) is 1.53. The topological polar surface area (TPSA) is 12.9 Å². The van der Waals surface area contributed by atoms with Crippen LogP contribution in [0.3, 0.4) is 0 Å². The van der Waals surface area contributed by atoms with Gasteiger partial charge in [0.25, 0.3) is 0 Å². The second kappa shape index (κ2) is 2.54. The highest BCUT2D eigenvalue weighted by Crippen LogP contribution is 2.03. The van der Waals surface area contributed by atoms with E-state index in [9.17, 15) is 13.2 Å². The second-order valence-corrected chi connectivity index (χ2v) is 1.99. The van der Waals surface area contributed by atoms with Gasteiger partial charge in [-0.25, -0.2) is 13.8 Å². The molecule has 0 aromatic carbocycles. The van der Waals surface area contributed by atoms with E-state index in [-0.39, 0.29) is 0 Å². The molecular weight excluding hydrogens is 162 g/mol. The molecule has 1 aromatic rings. The summed E-state index contributed by atoms with van der Waals surface area (Å²) >= 11 is 0. The van der Waals surface area contributed by atoms with Crippen molar-refractivity contribution in [1.82, 2.24) is 4.98 Å². The van der Waals surface area contributed by atoms with Crippen molar-refractivity contribution in [3.05, 3.63) is 23.6 Å². The van der Waals surface area contributed by atoms with Gasteiger partial charge in [0.1, 0.15) is 5.44 Å². The van der Waals surface area contributed by atoms with E-state index in [1.807, 2.05) is 0 Å². The van der Waals surface area contributed by atoms with E-state index in [2.05, 4.69) is 14.2 Å². The van der Waals surface area contributed by atoms with Gasteiger partial charge in [-0.05, 0) is 0 Å². The standard InChI is InChI=1S/C5HF3NP/c6-2-1-3(7)5(10)9-4(2)8/h1H. The fourth-order valence-corrected chi connectivity index (χ4v) is 0.587. The maximum atomic E-state index is 12.2. The molecule has 0 aliphatic carbocycles. The highest BCUT2D eigenvalue weighted by atomic mass is 31.0. The van der Waals surface area contributed by atoms with Crippen LogP contribution in [0.2, 0.25) is 0 Å². The Balaban J connectivity index is 3.28. The van der Waals surface area contributed by atoms with Crippen molar-refractivity contribution in [3.63, 3.8) is 0 Å². The van der Waals surface area contributed by atoms with Crippen LogP contribution >= 0.6 is 9.24 Å². The lowest BCUT2D eigenvalue weighted by Crippen LogP contribution is -2.08. The molecule has 1 aromatic heterocycles. The first-order valence-corrected chi connectivity index (χ1v) is 2.76. The van der Waals surface area contributed by atoms with Crippen molar-refractivity contribution in [2.24, 2.45) is 0 Å². The summed E-state index contributed by atoms with van der Waals surface area (Å²) in [5.74, 6) is -3.62. The molecule has 1 rings (SSSR count). The van der Waals surface area contributed by atoms with Crippen molar-refractivity contribution < 1.29 is 13.2 Å². The van der Waals surface area contributed by atoms with E-state index in [0.717, 1.165) is 0 Å². The van der Waals surface area contributed by atoms with Gasteiger partial charge in [-0.1, -0.05) is 0 Å². The maximum Gasteiger partial charge on any atom is 0.249 e. The number of pyridine rings is 1. The minimum atomic E-state index is -1.34. The molecule has 1 heterocycles. The number of hydrogen-bond acceptors (Lipinski definition) is 1. The van der Waals surface area contributed by atoms with E-state index in [0.29, 0.717) is 6.07 Å². The molecule has 0 amide bonds. The summed E-state index contributed by atoms with van der Waals surface area (Å²) in [5.41, 5.74) is -0.445. The summed E-state index contributed by atoms with van der Waals surface area (Å²) in [4.78, 5) is 2.82. The molecule has 0 fully saturated rings. The average molecular weight is 163 g/mol. The van der Waals surface area contributed by atoms with Gasteiger partial charge in [0.2, 0.25) is 5.95 Å². The van der Waals surface area contributed by atoms with Crippen LogP contribution in [0.25, 0.3) is 0 Å². The molecular formula is C5HF3NP. The van der Waals surface area contributed by atoms with E-state index >= 15 is 0 Å². The molecule has 0 N–H and O–H groups in total. The van der Waals surface area contributed by atoms with E-state index in [1.54, 1.807) is 0 Å². The molecule has 2 radical (unpaired) electrons. The molecule has 0 saturated carbocycles. The van der Waals surface area contributed by atoms with Crippen LogP contribution in [0.1, 0.15) is 0 Å². The Morgan fingerprint density at radius 2 is 1.80 bits per heavy atom. The van der Waals surface area contributed by atoms with Crippen molar-refractivity contribution in [2.45, 2.75) is 0 Å². The number of aromatic nitrogens is 1. The summed E-state index contributed by atoms with van der Waals surface area (Å²) in [7, 11) is 3.42. The minimum absolute atomic E-state index is 0.394. The molecule has 5 heteroatoms. The summed E-state index contributed by atoms with van der Waals surface area (Å²) < 4.78 is 36.3. The van der Waals surface area contributed by atoms with Crippen molar-refractivity contribution in [2.75, 3.05) is 0 Å². The van der Waals surface area contributed by atoms with E-state index in [4.69, 9.17) is 0 Å². The molecule has 0 bridgehead atoms. The zero-order chi connectivity index (χ0) is 7.72. The van der Waals surface area contributed by atoms with Gasteiger partial charge < -0.3 is 0 Å². The third kappa shape index (κ3) is 1.27. The van der Waals surface area contributed by atoms with E-state index in [1.165, 1.54) is 0 Å². The van der Waals surface area contributed by atoms with Gasteiger partial charge in [0.15, 0.2) is 11.6 Å². The molecule has 0 unspecified atom stereocenters. The third-order valence-corrected chi connectivity index (χ3v) is 1.18. The monoisotopic (exact) mass is 163 g/mol. The highest BCUT2D eigenvalue weighted by molar-refractivity contribution is 7.26. The SMILES string of the molecule is Fc1cc(F)c([P])nc1F. The first-order valence-electron chi connectivity index (χ1n) is 2.32. The summed E-state index contributed by atoms with van der Waals surface area (Å²) in [6, 6.07) is 0.394. The van der Waals surface area contributed by atoms with Crippen molar-refractivity contribution in [1.29, 1.82) is 0 Å². The summed E-state index contributed by atoms with van der Waals surface area (Å²) in [5, 5.41) is 0. The number of halogens is 3. The zero-order valence-corrected chi connectivity index (χ0v) is 5.50. The first kappa shape index (κ1) is 7.48. The Morgan fingerprint density at radius 1 is 1.20 bits per heavy atom. The second-order valence-electron chi connectivity index (χ2n) is 1.57. The summed E-state index contributed by atoms with van der Waals surface area (Å²) in [6.07, 6.45) is 0. The normalized spacial score (nSPS) is 10.0. The zero-order valence-electron chi connectivity index (χ0n) is 4.61. The average Bonchev–Trinajstić information content (AvgIpc) is 1.84. The Morgan fingerprint density at radius 3 is 2.30 bits per heavy atom. The van der Waals surface area contributed by atoms with Gasteiger partial charge in [-0.2, -0.15) is 4.39 Å². The maximum absolute atomic E-state index is 12.2. The molecule has 0 aliphatic heterocycles. The lowest BCUT2D eigenvalue weighted by molar-refractivity contribution is 0.469. The molecule has 1 nitrogen and oxygen atoms in total. The van der Waals surface area contributed by atoms with Gasteiger partial charge in [0, 0.05) is 15.3 Å². The Labute approximate surface area is 57.5 Å². The van der Waals surface area contributed by atoms with E-state index < -0.39 is 23.0 Å². The summed E-state index contributed by atoms with van der Waals surface area (Å²) in [6.45, 7) is 0. The minimum Gasteiger partial charge on any atom is -0.213 e. The van der Waals surface area contributed by atoms with Crippen LogP contribution in [0.4, 0.5) is 13.2 Å². The van der Waals surface area contributed by atoms with Gasteiger partial charge in [-0.15, -0.1) is 0 Å². The van der Waals surface area contributed by atoms with Crippen molar-refractivity contribution in [3.8, 4) is 0 Å². The molecule has 0 spiro atoms. The van der Waals surface area contributed by atoms with Crippen LogP contribution in [0.5, 0.6) is 0 Å². The van der Waals surface area contributed by atoms with Crippen LogP contribution < -0.4 is 5.44 Å². The number of hydrogen-bond donors (Lipinski definition) is 0. The molecule has 0 aliphatic rings. The number of nitrogens with zero attached hydrogens (tertiary/aromatic N) is 1. The molecule has 0 saturated heterocycles. The molecule has 52 valence electrons. The fraction of sp³-hybridized carbons (Fsp3) is 0. The Bertz CT molecular complexity index is 213. The highest BCUT2D eigenvalue weighted by Gasteiger charge is 2.07. The quantitative estimate of drug-likeness (QED) is 0.417. The van der Waals surface area contributed by atoms with Crippen molar-refractivity contribution >= 4 is 14.7 Å². The molecule has 0 atom stereocenters. The largest absolute Gasteiger partial charge is 0.249 e. The fourth-order valence-electron chi connectivity index (χ4n) is 0.435. The van der Waals surface area contributed by atoms with Crippen LogP contribution in [-0.4, -0.2) is 4.98 Å². The van der Waals surface area contributed by atoms with Crippen LogP contribution in [0, 0.1) is 17.6 Å². The smallest absolute Gasteiger partial charge is 0.213 e. The van der Waals surface area contributed by atoms with Gasteiger partial charge in [0.05, 0.1) is 0 Å². The molecule has 10 heavy (non-hydrogen) atoms. The van der Waals surface area contributed by atoms with Gasteiger partial charge in [-0.3, -0.25) is 0 Å². The Kier molecular flexibility index (Phi) is 1.90.